The summed E-state index contributed by atoms with van der Waals surface area (Å²) in [7, 11) is 0. The minimum atomic E-state index is 0.887. The van der Waals surface area contributed by atoms with Crippen LogP contribution in [-0.4, -0.2) is 23.0 Å². The Labute approximate surface area is 135 Å². The average Bonchev–Trinajstić information content (AvgIpc) is 2.96. The fourth-order valence-corrected chi connectivity index (χ4v) is 3.54. The largest absolute Gasteiger partial charge is 0.293 e. The second-order valence-corrected chi connectivity index (χ2v) is 6.45. The number of nitrogens with zero attached hydrogens (tertiary/aromatic N) is 2. The topological polar surface area (TPSA) is 16.1 Å². The van der Waals surface area contributed by atoms with Crippen molar-refractivity contribution < 1.29 is 0 Å². The molecule has 0 saturated carbocycles. The highest BCUT2D eigenvalue weighted by atomic mass is 32.1. The zero-order chi connectivity index (χ0) is 15.2. The van der Waals surface area contributed by atoms with E-state index in [0.717, 1.165) is 31.6 Å². The molecule has 2 aromatic carbocycles. The summed E-state index contributed by atoms with van der Waals surface area (Å²) >= 11 is 1.79. The van der Waals surface area contributed by atoms with E-state index in [1.807, 2.05) is 12.1 Å². The van der Waals surface area contributed by atoms with Gasteiger partial charge < -0.3 is 0 Å². The van der Waals surface area contributed by atoms with E-state index >= 15 is 0 Å². The van der Waals surface area contributed by atoms with Crippen molar-refractivity contribution in [1.82, 2.24) is 9.88 Å². The summed E-state index contributed by atoms with van der Waals surface area (Å²) in [4.78, 5) is 7.13. The molecule has 0 saturated heterocycles. The van der Waals surface area contributed by atoms with Crippen LogP contribution in [-0.2, 0) is 13.0 Å². The molecule has 0 atom stereocenters. The Morgan fingerprint density at radius 2 is 1.82 bits per heavy atom. The van der Waals surface area contributed by atoms with Gasteiger partial charge in [0, 0.05) is 13.1 Å². The zero-order valence-corrected chi connectivity index (χ0v) is 13.4. The average molecular weight is 308 g/mol. The number of rotatable bonds is 7. The molecule has 0 aliphatic heterocycles. The van der Waals surface area contributed by atoms with Crippen LogP contribution in [0.25, 0.3) is 10.2 Å². The van der Waals surface area contributed by atoms with Gasteiger partial charge in [-0.05, 0) is 24.1 Å². The predicted molar refractivity (Wildman–Crippen MR) is 95.2 cm³/mol. The number of aromatic nitrogens is 1. The molecule has 0 aliphatic carbocycles. The Balaban J connectivity index is 1.66. The van der Waals surface area contributed by atoms with Crippen molar-refractivity contribution in [2.24, 2.45) is 0 Å². The summed E-state index contributed by atoms with van der Waals surface area (Å²) in [5, 5.41) is 1.18. The van der Waals surface area contributed by atoms with Gasteiger partial charge in [-0.15, -0.1) is 17.9 Å². The molecule has 1 aromatic heterocycles. The molecule has 0 spiro atoms. The van der Waals surface area contributed by atoms with E-state index in [4.69, 9.17) is 4.98 Å². The fraction of sp³-hybridized carbons (Fsp3) is 0.211. The van der Waals surface area contributed by atoms with E-state index in [9.17, 15) is 0 Å². The number of hydrogen-bond donors (Lipinski definition) is 0. The summed E-state index contributed by atoms with van der Waals surface area (Å²) in [5.74, 6) is 0. The van der Waals surface area contributed by atoms with E-state index in [0.29, 0.717) is 0 Å². The van der Waals surface area contributed by atoms with Crippen LogP contribution in [0, 0.1) is 0 Å². The number of para-hydroxylation sites is 1. The SMILES string of the molecule is C=CCN(CCc1ccccc1)Cc1nc2ccccc2s1. The molecule has 3 heteroatoms. The first kappa shape index (κ1) is 14.9. The molecule has 0 amide bonds. The summed E-state index contributed by atoms with van der Waals surface area (Å²) < 4.78 is 1.26. The lowest BCUT2D eigenvalue weighted by Gasteiger charge is -2.19. The molecular weight excluding hydrogens is 288 g/mol. The molecule has 0 radical (unpaired) electrons. The Bertz CT molecular complexity index is 700. The highest BCUT2D eigenvalue weighted by Gasteiger charge is 2.09. The lowest BCUT2D eigenvalue weighted by Crippen LogP contribution is -2.25. The normalized spacial score (nSPS) is 11.1. The Morgan fingerprint density at radius 3 is 2.59 bits per heavy atom. The van der Waals surface area contributed by atoms with E-state index in [-0.39, 0.29) is 0 Å². The van der Waals surface area contributed by atoms with Gasteiger partial charge in [-0.25, -0.2) is 4.98 Å². The number of fused-ring (bicyclic) bond motifs is 1. The highest BCUT2D eigenvalue weighted by molar-refractivity contribution is 7.18. The van der Waals surface area contributed by atoms with Gasteiger partial charge in [0.25, 0.3) is 0 Å². The Morgan fingerprint density at radius 1 is 1.05 bits per heavy atom. The molecule has 22 heavy (non-hydrogen) atoms. The first-order chi connectivity index (χ1) is 10.8. The molecule has 1 heterocycles. The third-order valence-electron chi connectivity index (χ3n) is 3.64. The van der Waals surface area contributed by atoms with Gasteiger partial charge in [0.2, 0.25) is 0 Å². The maximum atomic E-state index is 4.73. The quantitative estimate of drug-likeness (QED) is 0.596. The van der Waals surface area contributed by atoms with Crippen molar-refractivity contribution in [2.75, 3.05) is 13.1 Å². The minimum absolute atomic E-state index is 0.887. The monoisotopic (exact) mass is 308 g/mol. The maximum Gasteiger partial charge on any atom is 0.108 e. The molecule has 112 valence electrons. The second kappa shape index (κ2) is 7.34. The lowest BCUT2D eigenvalue weighted by molar-refractivity contribution is 0.298. The van der Waals surface area contributed by atoms with Crippen LogP contribution in [0.1, 0.15) is 10.6 Å². The van der Waals surface area contributed by atoms with Gasteiger partial charge in [-0.1, -0.05) is 48.5 Å². The first-order valence-corrected chi connectivity index (χ1v) is 8.38. The summed E-state index contributed by atoms with van der Waals surface area (Å²) in [6.45, 7) is 6.68. The Kier molecular flexibility index (Phi) is 4.99. The van der Waals surface area contributed by atoms with Crippen molar-refractivity contribution in [2.45, 2.75) is 13.0 Å². The van der Waals surface area contributed by atoms with Crippen LogP contribution >= 0.6 is 11.3 Å². The van der Waals surface area contributed by atoms with E-state index in [2.05, 4.69) is 60.0 Å². The highest BCUT2D eigenvalue weighted by Crippen LogP contribution is 2.22. The first-order valence-electron chi connectivity index (χ1n) is 7.57. The molecule has 3 rings (SSSR count). The van der Waals surface area contributed by atoms with Crippen LogP contribution in [0.4, 0.5) is 0 Å². The maximum absolute atomic E-state index is 4.73. The number of hydrogen-bond acceptors (Lipinski definition) is 3. The van der Waals surface area contributed by atoms with Crippen molar-refractivity contribution in [3.8, 4) is 0 Å². The van der Waals surface area contributed by atoms with Gasteiger partial charge in [0.1, 0.15) is 5.01 Å². The van der Waals surface area contributed by atoms with Crippen LogP contribution in [0.5, 0.6) is 0 Å². The number of thiazole rings is 1. The third kappa shape index (κ3) is 3.81. The van der Waals surface area contributed by atoms with E-state index < -0.39 is 0 Å². The number of benzene rings is 2. The molecule has 2 nitrogen and oxygen atoms in total. The summed E-state index contributed by atoms with van der Waals surface area (Å²) in [5.41, 5.74) is 2.48. The molecule has 0 bridgehead atoms. The third-order valence-corrected chi connectivity index (χ3v) is 4.67. The van der Waals surface area contributed by atoms with Gasteiger partial charge >= 0.3 is 0 Å². The van der Waals surface area contributed by atoms with E-state index in [1.54, 1.807) is 11.3 Å². The van der Waals surface area contributed by atoms with Crippen LogP contribution in [0.15, 0.2) is 67.3 Å². The van der Waals surface area contributed by atoms with Gasteiger partial charge in [0.05, 0.1) is 16.8 Å². The second-order valence-electron chi connectivity index (χ2n) is 5.33. The van der Waals surface area contributed by atoms with Crippen molar-refractivity contribution in [3.63, 3.8) is 0 Å². The van der Waals surface area contributed by atoms with Crippen LogP contribution in [0.3, 0.4) is 0 Å². The zero-order valence-electron chi connectivity index (χ0n) is 12.6. The van der Waals surface area contributed by atoms with Gasteiger partial charge in [-0.2, -0.15) is 0 Å². The van der Waals surface area contributed by atoms with Crippen molar-refractivity contribution >= 4 is 21.6 Å². The molecule has 0 aliphatic rings. The van der Waals surface area contributed by atoms with Gasteiger partial charge in [-0.3, -0.25) is 4.90 Å². The molecule has 0 N–H and O–H groups in total. The fourth-order valence-electron chi connectivity index (χ4n) is 2.53. The molecular formula is C19H20N2S. The molecule has 0 fully saturated rings. The summed E-state index contributed by atoms with van der Waals surface area (Å²) in [6.07, 6.45) is 3.03. The minimum Gasteiger partial charge on any atom is -0.293 e. The van der Waals surface area contributed by atoms with Gasteiger partial charge in [0.15, 0.2) is 0 Å². The molecule has 0 unspecified atom stereocenters. The van der Waals surface area contributed by atoms with Crippen LogP contribution < -0.4 is 0 Å². The van der Waals surface area contributed by atoms with Crippen molar-refractivity contribution in [1.29, 1.82) is 0 Å². The predicted octanol–water partition coefficient (Wildman–Crippen LogP) is 4.53. The van der Waals surface area contributed by atoms with E-state index in [1.165, 1.54) is 15.3 Å². The Hall–Kier alpha value is -1.97. The van der Waals surface area contributed by atoms with Crippen molar-refractivity contribution in [3.05, 3.63) is 77.8 Å². The lowest BCUT2D eigenvalue weighted by atomic mass is 10.1. The molecule has 3 aromatic rings. The standard InChI is InChI=1S/C19H20N2S/c1-2-13-21(14-12-16-8-4-3-5-9-16)15-19-20-17-10-6-7-11-18(17)22-19/h2-11H,1,12-15H2. The summed E-state index contributed by atoms with van der Waals surface area (Å²) in [6, 6.07) is 19.0. The van der Waals surface area contributed by atoms with Crippen LogP contribution in [0.2, 0.25) is 0 Å². The smallest absolute Gasteiger partial charge is 0.108 e.